The lowest BCUT2D eigenvalue weighted by Gasteiger charge is -2.10. The van der Waals surface area contributed by atoms with E-state index in [9.17, 15) is 4.79 Å². The van der Waals surface area contributed by atoms with Gasteiger partial charge in [0, 0.05) is 6.07 Å². The summed E-state index contributed by atoms with van der Waals surface area (Å²) in [6, 6.07) is 9.67. The van der Waals surface area contributed by atoms with Crippen molar-refractivity contribution < 1.29 is 9.53 Å². The van der Waals surface area contributed by atoms with E-state index < -0.39 is 5.91 Å². The Hall–Kier alpha value is -1.13. The molecule has 7 heteroatoms. The van der Waals surface area contributed by atoms with Gasteiger partial charge < -0.3 is 10.1 Å². The van der Waals surface area contributed by atoms with Gasteiger partial charge in [0.1, 0.15) is 5.75 Å². The molecule has 0 aromatic heterocycles. The number of nitrogens with one attached hydrogen (secondary N) is 1. The van der Waals surface area contributed by atoms with Gasteiger partial charge in [-0.05, 0) is 24.3 Å². The molecule has 2 aromatic rings. The molecule has 0 unspecified atom stereocenters. The highest BCUT2D eigenvalue weighted by atomic mass is 35.5. The number of amides is 1. The lowest BCUT2D eigenvalue weighted by atomic mass is 10.3. The molecule has 0 radical (unpaired) electrons. The van der Waals surface area contributed by atoms with Gasteiger partial charge in [-0.3, -0.25) is 4.79 Å². The molecule has 0 aliphatic heterocycles. The predicted molar refractivity (Wildman–Crippen MR) is 87.0 cm³/mol. The molecule has 0 fully saturated rings. The normalized spacial score (nSPS) is 10.3. The Balaban J connectivity index is 1.97. The zero-order valence-corrected chi connectivity index (χ0v) is 13.5. The first kappa shape index (κ1) is 16.2. The topological polar surface area (TPSA) is 38.3 Å². The lowest BCUT2D eigenvalue weighted by Crippen LogP contribution is -2.20. The summed E-state index contributed by atoms with van der Waals surface area (Å²) in [5.74, 6) is 0.0425. The summed E-state index contributed by atoms with van der Waals surface area (Å²) in [6.07, 6.45) is 0. The maximum absolute atomic E-state index is 11.8. The molecule has 0 bridgehead atoms. The third kappa shape index (κ3) is 4.42. The molecule has 2 aromatic carbocycles. The fraction of sp³-hybridized carbons (Fsp3) is 0.0714. The van der Waals surface area contributed by atoms with Crippen molar-refractivity contribution in [3.63, 3.8) is 0 Å². The van der Waals surface area contributed by atoms with Crippen LogP contribution >= 0.6 is 46.4 Å². The Morgan fingerprint density at radius 2 is 1.62 bits per heavy atom. The summed E-state index contributed by atoms with van der Waals surface area (Å²) >= 11 is 23.6. The summed E-state index contributed by atoms with van der Waals surface area (Å²) in [7, 11) is 0. The van der Waals surface area contributed by atoms with Gasteiger partial charge in [-0.25, -0.2) is 0 Å². The van der Waals surface area contributed by atoms with E-state index in [1.807, 2.05) is 0 Å². The average molecular weight is 365 g/mol. The number of para-hydroxylation sites is 1. The van der Waals surface area contributed by atoms with Crippen LogP contribution in [0.2, 0.25) is 20.1 Å². The number of benzene rings is 2. The third-order valence-corrected chi connectivity index (χ3v) is 3.86. The molecule has 0 aliphatic rings. The first-order valence-corrected chi connectivity index (χ1v) is 7.30. The van der Waals surface area contributed by atoms with Gasteiger partial charge in [-0.15, -0.1) is 0 Å². The molecule has 0 atom stereocenters. The maximum Gasteiger partial charge on any atom is 0.262 e. The van der Waals surface area contributed by atoms with E-state index in [1.165, 1.54) is 6.07 Å². The van der Waals surface area contributed by atoms with Gasteiger partial charge in [0.2, 0.25) is 0 Å². The van der Waals surface area contributed by atoms with E-state index in [0.717, 1.165) is 0 Å². The standard InChI is InChI=1S/C14H9Cl4NO2/c15-9-5-4-8(6-12(9)18)21-7-13(20)19-14-10(16)2-1-3-11(14)17/h1-6H,7H2,(H,19,20). The number of rotatable bonds is 4. The van der Waals surface area contributed by atoms with Gasteiger partial charge in [0.05, 0.1) is 25.8 Å². The molecule has 1 amide bonds. The van der Waals surface area contributed by atoms with Crippen molar-refractivity contribution in [1.82, 2.24) is 0 Å². The van der Waals surface area contributed by atoms with Gasteiger partial charge in [0.15, 0.2) is 6.61 Å². The fourth-order valence-electron chi connectivity index (χ4n) is 1.51. The zero-order valence-electron chi connectivity index (χ0n) is 10.5. The van der Waals surface area contributed by atoms with E-state index in [2.05, 4.69) is 5.32 Å². The Labute approximate surface area is 141 Å². The minimum atomic E-state index is -0.393. The quantitative estimate of drug-likeness (QED) is 0.797. The van der Waals surface area contributed by atoms with Crippen molar-refractivity contribution in [3.05, 3.63) is 56.5 Å². The molecule has 2 rings (SSSR count). The minimum Gasteiger partial charge on any atom is -0.484 e. The molecular weight excluding hydrogens is 356 g/mol. The second-order valence-corrected chi connectivity index (χ2v) is 5.64. The molecule has 110 valence electrons. The monoisotopic (exact) mass is 363 g/mol. The van der Waals surface area contributed by atoms with Crippen molar-refractivity contribution >= 4 is 58.0 Å². The van der Waals surface area contributed by atoms with Crippen LogP contribution in [-0.4, -0.2) is 12.5 Å². The van der Waals surface area contributed by atoms with Crippen molar-refractivity contribution in [2.45, 2.75) is 0 Å². The Bertz CT molecular complexity index is 656. The van der Waals surface area contributed by atoms with E-state index in [1.54, 1.807) is 30.3 Å². The predicted octanol–water partition coefficient (Wildman–Crippen LogP) is 5.32. The van der Waals surface area contributed by atoms with Crippen LogP contribution in [0.15, 0.2) is 36.4 Å². The van der Waals surface area contributed by atoms with E-state index in [0.29, 0.717) is 31.5 Å². The highest BCUT2D eigenvalue weighted by molar-refractivity contribution is 6.42. The van der Waals surface area contributed by atoms with Gasteiger partial charge >= 0.3 is 0 Å². The summed E-state index contributed by atoms with van der Waals surface area (Å²) in [5.41, 5.74) is 0.351. The zero-order chi connectivity index (χ0) is 15.4. The number of hydrogen-bond donors (Lipinski definition) is 1. The number of ether oxygens (including phenoxy) is 1. The summed E-state index contributed by atoms with van der Waals surface area (Å²) in [4.78, 5) is 11.8. The first-order valence-electron chi connectivity index (χ1n) is 5.79. The molecule has 0 aliphatic carbocycles. The lowest BCUT2D eigenvalue weighted by molar-refractivity contribution is -0.118. The molecule has 0 spiro atoms. The van der Waals surface area contributed by atoms with Crippen LogP contribution in [0.3, 0.4) is 0 Å². The van der Waals surface area contributed by atoms with Crippen molar-refractivity contribution in [3.8, 4) is 5.75 Å². The first-order chi connectivity index (χ1) is 9.97. The Kier molecular flexibility index (Phi) is 5.59. The SMILES string of the molecule is O=C(COc1ccc(Cl)c(Cl)c1)Nc1c(Cl)cccc1Cl. The molecule has 0 saturated carbocycles. The summed E-state index contributed by atoms with van der Waals surface area (Å²) in [6.45, 7) is -0.209. The Morgan fingerprint density at radius 3 is 2.24 bits per heavy atom. The smallest absolute Gasteiger partial charge is 0.262 e. The van der Waals surface area contributed by atoms with Gasteiger partial charge in [-0.2, -0.15) is 0 Å². The number of anilines is 1. The Morgan fingerprint density at radius 1 is 0.952 bits per heavy atom. The maximum atomic E-state index is 11.8. The van der Waals surface area contributed by atoms with E-state index in [4.69, 9.17) is 51.1 Å². The highest BCUT2D eigenvalue weighted by Gasteiger charge is 2.10. The van der Waals surface area contributed by atoms with Crippen LogP contribution in [0.25, 0.3) is 0 Å². The largest absolute Gasteiger partial charge is 0.484 e. The molecule has 0 saturated heterocycles. The number of hydrogen-bond acceptors (Lipinski definition) is 2. The van der Waals surface area contributed by atoms with Gasteiger partial charge in [-0.1, -0.05) is 52.5 Å². The third-order valence-electron chi connectivity index (χ3n) is 2.49. The van der Waals surface area contributed by atoms with Crippen molar-refractivity contribution in [2.75, 3.05) is 11.9 Å². The molecule has 21 heavy (non-hydrogen) atoms. The summed E-state index contributed by atoms with van der Waals surface area (Å²) < 4.78 is 5.31. The van der Waals surface area contributed by atoms with Crippen molar-refractivity contribution in [2.24, 2.45) is 0 Å². The number of carbonyl (C=O) groups excluding carboxylic acids is 1. The molecule has 3 nitrogen and oxygen atoms in total. The highest BCUT2D eigenvalue weighted by Crippen LogP contribution is 2.30. The second-order valence-electron chi connectivity index (χ2n) is 4.01. The van der Waals surface area contributed by atoms with Crippen LogP contribution in [0, 0.1) is 0 Å². The number of carbonyl (C=O) groups is 1. The number of halogens is 4. The van der Waals surface area contributed by atoms with Crippen molar-refractivity contribution in [1.29, 1.82) is 0 Å². The van der Waals surface area contributed by atoms with E-state index in [-0.39, 0.29) is 6.61 Å². The molecule has 1 N–H and O–H groups in total. The van der Waals surface area contributed by atoms with Crippen LogP contribution in [-0.2, 0) is 4.79 Å². The second kappa shape index (κ2) is 7.23. The average Bonchev–Trinajstić information content (AvgIpc) is 2.44. The molecule has 0 heterocycles. The van der Waals surface area contributed by atoms with Crippen LogP contribution in [0.1, 0.15) is 0 Å². The van der Waals surface area contributed by atoms with Crippen LogP contribution in [0.4, 0.5) is 5.69 Å². The van der Waals surface area contributed by atoms with E-state index >= 15 is 0 Å². The summed E-state index contributed by atoms with van der Waals surface area (Å²) in [5, 5.41) is 4.06. The minimum absolute atomic E-state index is 0.209. The van der Waals surface area contributed by atoms with Crippen LogP contribution in [0.5, 0.6) is 5.75 Å². The van der Waals surface area contributed by atoms with Gasteiger partial charge in [0.25, 0.3) is 5.91 Å². The molecular formula is C14H9Cl4NO2. The van der Waals surface area contributed by atoms with Crippen LogP contribution < -0.4 is 10.1 Å². The fourth-order valence-corrected chi connectivity index (χ4v) is 2.29.